The second-order valence-corrected chi connectivity index (χ2v) is 7.84. The van der Waals surface area contributed by atoms with Gasteiger partial charge in [-0.25, -0.2) is 0 Å². The van der Waals surface area contributed by atoms with E-state index >= 15 is 0 Å². The number of hydrogen-bond acceptors (Lipinski definition) is 5. The van der Waals surface area contributed by atoms with Crippen molar-refractivity contribution in [1.29, 1.82) is 0 Å². The number of carbonyl (C=O) groups is 1. The van der Waals surface area contributed by atoms with E-state index in [9.17, 15) is 4.79 Å². The van der Waals surface area contributed by atoms with Crippen LogP contribution in [0.2, 0.25) is 0 Å². The minimum atomic E-state index is 0.0529. The smallest absolute Gasteiger partial charge is 0.224 e. The van der Waals surface area contributed by atoms with Crippen molar-refractivity contribution >= 4 is 17.3 Å². The highest BCUT2D eigenvalue weighted by Crippen LogP contribution is 2.31. The third kappa shape index (κ3) is 5.78. The Labute approximate surface area is 185 Å². The molecular formula is C25H33N3O3. The van der Waals surface area contributed by atoms with Gasteiger partial charge in [0, 0.05) is 30.1 Å². The lowest BCUT2D eigenvalue weighted by Crippen LogP contribution is -2.32. The van der Waals surface area contributed by atoms with Crippen LogP contribution in [0.1, 0.15) is 50.7 Å². The molecule has 6 heteroatoms. The van der Waals surface area contributed by atoms with Crippen LogP contribution in [0.5, 0.6) is 11.5 Å². The third-order valence-electron chi connectivity index (χ3n) is 5.60. The Balaban J connectivity index is 1.81. The van der Waals surface area contributed by atoms with Crippen LogP contribution in [0.25, 0.3) is 0 Å². The minimum absolute atomic E-state index is 0.0529. The number of hydrazone groups is 1. The van der Waals surface area contributed by atoms with Crippen LogP contribution in [0.4, 0.5) is 5.69 Å². The lowest BCUT2D eigenvalue weighted by Gasteiger charge is -2.31. The molecule has 0 aromatic heterocycles. The predicted octanol–water partition coefficient (Wildman–Crippen LogP) is 5.08. The van der Waals surface area contributed by atoms with E-state index < -0.39 is 0 Å². The fraction of sp³-hybridized carbons (Fsp3) is 0.440. The number of hydrogen-bond donors (Lipinski definition) is 1. The summed E-state index contributed by atoms with van der Waals surface area (Å²) in [7, 11) is 3.30. The van der Waals surface area contributed by atoms with Crippen LogP contribution in [-0.4, -0.2) is 37.4 Å². The van der Waals surface area contributed by atoms with E-state index in [0.717, 1.165) is 54.1 Å². The molecule has 1 aliphatic rings. The molecular weight excluding hydrogens is 390 g/mol. The number of nitrogens with one attached hydrogen (secondary N) is 1. The summed E-state index contributed by atoms with van der Waals surface area (Å²) in [4.78, 5) is 11.9. The number of rotatable bonds is 9. The van der Waals surface area contributed by atoms with Gasteiger partial charge in [-0.05, 0) is 55.2 Å². The van der Waals surface area contributed by atoms with Gasteiger partial charge in [0.15, 0.2) is 11.5 Å². The van der Waals surface area contributed by atoms with E-state index in [-0.39, 0.29) is 5.91 Å². The third-order valence-corrected chi connectivity index (χ3v) is 5.60. The molecule has 6 nitrogen and oxygen atoms in total. The molecule has 1 atom stereocenters. The summed E-state index contributed by atoms with van der Waals surface area (Å²) in [6, 6.07) is 14.0. The van der Waals surface area contributed by atoms with Gasteiger partial charge in [0.2, 0.25) is 5.91 Å². The summed E-state index contributed by atoms with van der Waals surface area (Å²) in [5.74, 6) is 1.89. The molecule has 1 N–H and O–H groups in total. The highest BCUT2D eigenvalue weighted by atomic mass is 16.5. The van der Waals surface area contributed by atoms with Crippen molar-refractivity contribution in [3.05, 3.63) is 53.6 Å². The Morgan fingerprint density at radius 2 is 1.94 bits per heavy atom. The van der Waals surface area contributed by atoms with Gasteiger partial charge in [-0.3, -0.25) is 9.80 Å². The number of benzene rings is 2. The van der Waals surface area contributed by atoms with E-state index in [1.807, 2.05) is 37.3 Å². The number of amides is 1. The predicted molar refractivity (Wildman–Crippen MR) is 125 cm³/mol. The molecule has 2 aromatic carbocycles. The van der Waals surface area contributed by atoms with Gasteiger partial charge in [-0.1, -0.05) is 26.0 Å². The standard InChI is InChI=1S/C25H33N3O3/c1-5-8-24(29)26-21-10-7-9-18(15-21)17-28-14-13-19(6-2)25(27-28)20-11-12-22(30-3)23(16-20)31-4/h7,9-12,15-16,19H,5-6,8,13-14,17H2,1-4H3,(H,26,29). The fourth-order valence-corrected chi connectivity index (χ4v) is 3.94. The van der Waals surface area contributed by atoms with Gasteiger partial charge in [-0.15, -0.1) is 0 Å². The van der Waals surface area contributed by atoms with Crippen molar-refractivity contribution in [2.45, 2.75) is 46.1 Å². The van der Waals surface area contributed by atoms with E-state index in [1.165, 1.54) is 0 Å². The van der Waals surface area contributed by atoms with Crippen LogP contribution >= 0.6 is 0 Å². The molecule has 0 radical (unpaired) electrons. The number of carbonyl (C=O) groups excluding carboxylic acids is 1. The van der Waals surface area contributed by atoms with Crippen LogP contribution in [-0.2, 0) is 11.3 Å². The molecule has 0 fully saturated rings. The van der Waals surface area contributed by atoms with Gasteiger partial charge >= 0.3 is 0 Å². The van der Waals surface area contributed by atoms with E-state index in [0.29, 0.717) is 24.6 Å². The SMILES string of the molecule is CCCC(=O)Nc1cccc(CN2CCC(CC)C(c3ccc(OC)c(OC)c3)=N2)c1. The Kier molecular flexibility index (Phi) is 7.93. The molecule has 1 aliphatic heterocycles. The van der Waals surface area contributed by atoms with Gasteiger partial charge in [0.1, 0.15) is 0 Å². The summed E-state index contributed by atoms with van der Waals surface area (Å²) in [6.07, 6.45) is 3.47. The van der Waals surface area contributed by atoms with Gasteiger partial charge < -0.3 is 14.8 Å². The number of anilines is 1. The molecule has 3 rings (SSSR count). The topological polar surface area (TPSA) is 63.2 Å². The van der Waals surface area contributed by atoms with Gasteiger partial charge in [0.05, 0.1) is 26.5 Å². The molecule has 0 bridgehead atoms. The van der Waals surface area contributed by atoms with Crippen LogP contribution in [0, 0.1) is 5.92 Å². The first kappa shape index (κ1) is 22.7. The molecule has 0 spiro atoms. The lowest BCUT2D eigenvalue weighted by atomic mass is 9.90. The highest BCUT2D eigenvalue weighted by Gasteiger charge is 2.24. The zero-order valence-corrected chi connectivity index (χ0v) is 19.0. The van der Waals surface area contributed by atoms with Gasteiger partial charge in [-0.2, -0.15) is 5.10 Å². The summed E-state index contributed by atoms with van der Waals surface area (Å²) in [6.45, 7) is 5.81. The molecule has 0 aliphatic carbocycles. The Hall–Kier alpha value is -3.02. The fourth-order valence-electron chi connectivity index (χ4n) is 3.94. The van der Waals surface area contributed by atoms with Crippen LogP contribution < -0.4 is 14.8 Å². The highest BCUT2D eigenvalue weighted by molar-refractivity contribution is 6.03. The Bertz CT molecular complexity index is 926. The van der Waals surface area contributed by atoms with E-state index in [1.54, 1.807) is 14.2 Å². The first-order valence-electron chi connectivity index (χ1n) is 11.0. The normalized spacial score (nSPS) is 15.9. The monoisotopic (exact) mass is 423 g/mol. The Morgan fingerprint density at radius 3 is 2.65 bits per heavy atom. The van der Waals surface area contributed by atoms with Crippen LogP contribution in [0.3, 0.4) is 0 Å². The van der Waals surface area contributed by atoms with Crippen molar-refractivity contribution in [2.75, 3.05) is 26.1 Å². The minimum Gasteiger partial charge on any atom is -0.493 e. The quantitative estimate of drug-likeness (QED) is 0.611. The second kappa shape index (κ2) is 10.8. The van der Waals surface area contributed by atoms with Crippen LogP contribution in [0.15, 0.2) is 47.6 Å². The maximum atomic E-state index is 11.9. The number of ether oxygens (including phenoxy) is 2. The van der Waals surface area contributed by atoms with Crippen molar-refractivity contribution in [1.82, 2.24) is 5.01 Å². The molecule has 1 heterocycles. The Morgan fingerprint density at radius 1 is 1.13 bits per heavy atom. The zero-order chi connectivity index (χ0) is 22.2. The molecule has 0 saturated heterocycles. The molecule has 31 heavy (non-hydrogen) atoms. The number of nitrogens with zero attached hydrogens (tertiary/aromatic N) is 2. The largest absolute Gasteiger partial charge is 0.493 e. The van der Waals surface area contributed by atoms with Crippen molar-refractivity contribution in [3.63, 3.8) is 0 Å². The molecule has 0 saturated carbocycles. The first-order chi connectivity index (χ1) is 15.1. The number of methoxy groups -OCH3 is 2. The summed E-state index contributed by atoms with van der Waals surface area (Å²) in [5.41, 5.74) is 4.11. The molecule has 1 amide bonds. The molecule has 2 aromatic rings. The van der Waals surface area contributed by atoms with Crippen molar-refractivity contribution in [3.8, 4) is 11.5 Å². The maximum Gasteiger partial charge on any atom is 0.224 e. The molecule has 166 valence electrons. The van der Waals surface area contributed by atoms with Gasteiger partial charge in [0.25, 0.3) is 0 Å². The maximum absolute atomic E-state index is 11.9. The van der Waals surface area contributed by atoms with E-state index in [4.69, 9.17) is 14.6 Å². The van der Waals surface area contributed by atoms with Crippen molar-refractivity contribution < 1.29 is 14.3 Å². The summed E-state index contributed by atoms with van der Waals surface area (Å²) < 4.78 is 10.9. The summed E-state index contributed by atoms with van der Waals surface area (Å²) in [5, 5.41) is 10.1. The zero-order valence-electron chi connectivity index (χ0n) is 19.0. The lowest BCUT2D eigenvalue weighted by molar-refractivity contribution is -0.116. The van der Waals surface area contributed by atoms with E-state index in [2.05, 4.69) is 29.4 Å². The summed E-state index contributed by atoms with van der Waals surface area (Å²) >= 11 is 0. The average Bonchev–Trinajstić information content (AvgIpc) is 2.79. The second-order valence-electron chi connectivity index (χ2n) is 7.84. The first-order valence-corrected chi connectivity index (χ1v) is 11.0. The molecule has 1 unspecified atom stereocenters. The van der Waals surface area contributed by atoms with Crippen molar-refractivity contribution in [2.24, 2.45) is 11.0 Å². The average molecular weight is 424 g/mol.